The monoisotopic (exact) mass is 546 g/mol. The first-order valence-corrected chi connectivity index (χ1v) is 12.2. The van der Waals surface area contributed by atoms with Crippen molar-refractivity contribution in [1.82, 2.24) is 15.5 Å². The van der Waals surface area contributed by atoms with Gasteiger partial charge in [-0.2, -0.15) is 0 Å². The Hall–Kier alpha value is -1.16. The number of nitrogens with one attached hydrogen (secondary N) is 2. The molecule has 3 atom stereocenters. The summed E-state index contributed by atoms with van der Waals surface area (Å²) >= 11 is 0. The van der Waals surface area contributed by atoms with Crippen molar-refractivity contribution in [3.63, 3.8) is 0 Å². The van der Waals surface area contributed by atoms with Crippen LogP contribution in [-0.4, -0.2) is 51.6 Å². The van der Waals surface area contributed by atoms with Crippen molar-refractivity contribution in [1.29, 1.82) is 0 Å². The van der Waals surface area contributed by atoms with E-state index >= 15 is 0 Å². The largest absolute Gasteiger partial charge is 0.354 e. The molecule has 0 aromatic heterocycles. The molecule has 1 aliphatic carbocycles. The van der Waals surface area contributed by atoms with Crippen molar-refractivity contribution in [2.45, 2.75) is 69.8 Å². The van der Waals surface area contributed by atoms with Gasteiger partial charge in [0.05, 0.1) is 0 Å². The van der Waals surface area contributed by atoms with Gasteiger partial charge in [-0.25, -0.2) is 0 Å². The van der Waals surface area contributed by atoms with Gasteiger partial charge in [-0.05, 0) is 36.8 Å². The molecule has 1 saturated carbocycles. The van der Waals surface area contributed by atoms with E-state index < -0.39 is 10.8 Å². The number of hydrogen-bond donors (Lipinski definition) is 2. The predicted octanol–water partition coefficient (Wildman–Crippen LogP) is 3.17. The highest BCUT2D eigenvalue weighted by atomic mass is 127. The number of guanidine groups is 1. The fraction of sp³-hybridized carbons (Fsp3) is 0.636. The summed E-state index contributed by atoms with van der Waals surface area (Å²) in [5.74, 6) is 1.80. The quantitative estimate of drug-likeness (QED) is 0.313. The molecule has 1 heterocycles. The molecule has 1 aliphatic heterocycles. The number of likely N-dealkylation sites (tertiary alicyclic amines) is 1. The van der Waals surface area contributed by atoms with Crippen LogP contribution in [0.2, 0.25) is 0 Å². The summed E-state index contributed by atoms with van der Waals surface area (Å²) in [6, 6.07) is 8.75. The minimum atomic E-state index is -0.716. The highest BCUT2D eigenvalue weighted by Gasteiger charge is 2.26. The summed E-state index contributed by atoms with van der Waals surface area (Å²) in [4.78, 5) is 18.1. The minimum Gasteiger partial charge on any atom is -0.354 e. The molecule has 3 unspecified atom stereocenters. The Labute approximate surface area is 200 Å². The molecule has 3 rings (SSSR count). The number of hydrogen-bond acceptors (Lipinski definition) is 3. The number of carbonyl (C=O) groups is 1. The Morgan fingerprint density at radius 2 is 1.93 bits per heavy atom. The molecule has 8 heteroatoms. The molecule has 0 spiro atoms. The Bertz CT molecular complexity index is 741. The number of amides is 1. The third-order valence-electron chi connectivity index (χ3n) is 5.87. The van der Waals surface area contributed by atoms with Gasteiger partial charge >= 0.3 is 0 Å². The van der Waals surface area contributed by atoms with Gasteiger partial charge in [-0.15, -0.1) is 24.0 Å². The molecule has 1 amide bonds. The Morgan fingerprint density at radius 3 is 2.57 bits per heavy atom. The molecule has 6 nitrogen and oxygen atoms in total. The topological polar surface area (TPSA) is 73.8 Å². The maximum absolute atomic E-state index is 12.1. The third kappa shape index (κ3) is 7.21. The molecule has 168 valence electrons. The van der Waals surface area contributed by atoms with E-state index in [9.17, 15) is 9.00 Å². The summed E-state index contributed by atoms with van der Waals surface area (Å²) in [6.07, 6.45) is 5.90. The lowest BCUT2D eigenvalue weighted by Crippen LogP contribution is -2.46. The minimum absolute atomic E-state index is 0. The standard InChI is InChI=1S/C22H34N4O2S.HI/c1-3-29(28)20-7-4-6-19(14-20)25-22(23-2)24-15-17-9-11-18(12-10-17)16-26-13-5-8-21(26)27;/h9-12,19-20H,3-8,13-16H2,1-2H3,(H2,23,24,25);1H. The smallest absolute Gasteiger partial charge is 0.222 e. The zero-order chi connectivity index (χ0) is 20.6. The molecule has 2 aliphatic rings. The number of nitrogens with zero attached hydrogens (tertiary/aromatic N) is 2. The van der Waals surface area contributed by atoms with Crippen molar-refractivity contribution < 1.29 is 9.00 Å². The van der Waals surface area contributed by atoms with Gasteiger partial charge in [-0.3, -0.25) is 14.0 Å². The van der Waals surface area contributed by atoms with Crippen LogP contribution in [-0.2, 0) is 28.7 Å². The maximum atomic E-state index is 12.1. The van der Waals surface area contributed by atoms with Crippen molar-refractivity contribution >= 4 is 46.6 Å². The lowest BCUT2D eigenvalue weighted by molar-refractivity contribution is -0.128. The predicted molar refractivity (Wildman–Crippen MR) is 135 cm³/mol. The average molecular weight is 547 g/mol. The van der Waals surface area contributed by atoms with E-state index in [0.717, 1.165) is 50.4 Å². The normalized spacial score (nSPS) is 23.1. The molecule has 0 bridgehead atoms. The molecule has 30 heavy (non-hydrogen) atoms. The summed E-state index contributed by atoms with van der Waals surface area (Å²) in [7, 11) is 1.07. The van der Waals surface area contributed by atoms with Crippen LogP contribution in [0.1, 0.15) is 56.6 Å². The first kappa shape index (κ1) is 25.1. The lowest BCUT2D eigenvalue weighted by Gasteiger charge is -2.30. The van der Waals surface area contributed by atoms with Crippen LogP contribution in [0.3, 0.4) is 0 Å². The number of carbonyl (C=O) groups excluding carboxylic acids is 1. The second kappa shape index (κ2) is 12.6. The maximum Gasteiger partial charge on any atom is 0.222 e. The lowest BCUT2D eigenvalue weighted by atomic mass is 9.95. The van der Waals surface area contributed by atoms with Crippen LogP contribution in [0, 0.1) is 0 Å². The highest BCUT2D eigenvalue weighted by molar-refractivity contribution is 14.0. The fourth-order valence-electron chi connectivity index (χ4n) is 4.18. The first-order valence-electron chi connectivity index (χ1n) is 10.8. The van der Waals surface area contributed by atoms with E-state index in [2.05, 4.69) is 39.9 Å². The zero-order valence-electron chi connectivity index (χ0n) is 18.1. The molecule has 1 aromatic carbocycles. The number of rotatable bonds is 7. The van der Waals surface area contributed by atoms with Crippen LogP contribution in [0.5, 0.6) is 0 Å². The van der Waals surface area contributed by atoms with Crippen molar-refractivity contribution in [2.75, 3.05) is 19.3 Å². The fourth-order valence-corrected chi connectivity index (χ4v) is 5.53. The number of aliphatic imine (C=N–C) groups is 1. The van der Waals surface area contributed by atoms with Crippen LogP contribution in [0.15, 0.2) is 29.3 Å². The molecular formula is C22H35IN4O2S. The zero-order valence-corrected chi connectivity index (χ0v) is 21.2. The molecular weight excluding hydrogens is 511 g/mol. The number of benzene rings is 1. The van der Waals surface area contributed by atoms with E-state index in [4.69, 9.17) is 0 Å². The van der Waals surface area contributed by atoms with Crippen molar-refractivity contribution in [2.24, 2.45) is 4.99 Å². The van der Waals surface area contributed by atoms with E-state index in [0.29, 0.717) is 30.8 Å². The summed E-state index contributed by atoms with van der Waals surface area (Å²) in [5.41, 5.74) is 2.35. The van der Waals surface area contributed by atoms with Gasteiger partial charge in [0.2, 0.25) is 5.91 Å². The van der Waals surface area contributed by atoms with Gasteiger partial charge in [0.1, 0.15) is 0 Å². The second-order valence-electron chi connectivity index (χ2n) is 7.96. The summed E-state index contributed by atoms with van der Waals surface area (Å²) < 4.78 is 12.1. The van der Waals surface area contributed by atoms with E-state index in [1.807, 2.05) is 11.8 Å². The van der Waals surface area contributed by atoms with Crippen LogP contribution < -0.4 is 10.6 Å². The molecule has 0 radical (unpaired) electrons. The first-order chi connectivity index (χ1) is 14.1. The summed E-state index contributed by atoms with van der Waals surface area (Å²) in [6.45, 7) is 4.28. The van der Waals surface area contributed by atoms with Crippen LogP contribution in [0.25, 0.3) is 0 Å². The van der Waals surface area contributed by atoms with E-state index in [1.54, 1.807) is 7.05 Å². The van der Waals surface area contributed by atoms with Crippen molar-refractivity contribution in [3.05, 3.63) is 35.4 Å². The summed E-state index contributed by atoms with van der Waals surface area (Å²) in [5, 5.41) is 7.20. The molecule has 1 saturated heterocycles. The highest BCUT2D eigenvalue weighted by Crippen LogP contribution is 2.23. The van der Waals surface area contributed by atoms with Gasteiger partial charge in [0, 0.05) is 60.9 Å². The van der Waals surface area contributed by atoms with Crippen molar-refractivity contribution in [3.8, 4) is 0 Å². The average Bonchev–Trinajstić information content (AvgIpc) is 3.16. The van der Waals surface area contributed by atoms with Gasteiger partial charge in [0.15, 0.2) is 5.96 Å². The van der Waals surface area contributed by atoms with E-state index in [1.165, 1.54) is 11.1 Å². The second-order valence-corrected chi connectivity index (χ2v) is 9.97. The van der Waals surface area contributed by atoms with Crippen LogP contribution in [0.4, 0.5) is 0 Å². The third-order valence-corrected chi connectivity index (χ3v) is 7.62. The van der Waals surface area contributed by atoms with Gasteiger partial charge in [-0.1, -0.05) is 37.6 Å². The van der Waals surface area contributed by atoms with Crippen LogP contribution >= 0.6 is 24.0 Å². The molecule has 2 N–H and O–H groups in total. The number of halogens is 1. The molecule has 2 fully saturated rings. The SMILES string of the molecule is CCS(=O)C1CCCC(NC(=NC)NCc2ccc(CN3CCCC3=O)cc2)C1.I. The molecule has 1 aromatic rings. The van der Waals surface area contributed by atoms with Gasteiger partial charge in [0.25, 0.3) is 0 Å². The van der Waals surface area contributed by atoms with Gasteiger partial charge < -0.3 is 15.5 Å². The van der Waals surface area contributed by atoms with E-state index in [-0.39, 0.29) is 29.9 Å². The Balaban J connectivity index is 0.00000320. The Morgan fingerprint density at radius 1 is 1.20 bits per heavy atom. The Kier molecular flexibility index (Phi) is 10.6.